The van der Waals surface area contributed by atoms with Crippen molar-refractivity contribution < 1.29 is 9.22 Å². The molecule has 0 saturated carbocycles. The Morgan fingerprint density at radius 2 is 1.38 bits per heavy atom. The smallest absolute Gasteiger partial charge is 0.323 e. The first-order valence-corrected chi connectivity index (χ1v) is 12.3. The van der Waals surface area contributed by atoms with Crippen LogP contribution in [-0.4, -0.2) is 19.6 Å². The molecule has 0 aliphatic carbocycles. The topological polar surface area (TPSA) is 26.3 Å². The van der Waals surface area contributed by atoms with Crippen LogP contribution in [0.15, 0.2) is 60.7 Å². The highest BCUT2D eigenvalue weighted by molar-refractivity contribution is 9.09. The lowest BCUT2D eigenvalue weighted by atomic mass is 10.2. The Hall–Kier alpha value is -1.39. The number of hydrogen-bond donors (Lipinski definition) is 0. The number of hydrogen-bond acceptors (Lipinski definition) is 2. The van der Waals surface area contributed by atoms with E-state index in [1.54, 1.807) is 0 Å². The molecule has 0 aromatic heterocycles. The summed E-state index contributed by atoms with van der Waals surface area (Å²) >= 11 is 3.44. The molecule has 2 aromatic carbocycles. The molecule has 0 N–H and O–H groups in total. The number of halogens is 1. The lowest BCUT2D eigenvalue weighted by molar-refractivity contribution is -0.135. The molecule has 0 aliphatic heterocycles. The normalized spacial score (nSPS) is 12.0. The van der Waals surface area contributed by atoms with Crippen molar-refractivity contribution in [2.24, 2.45) is 0 Å². The van der Waals surface area contributed by atoms with Gasteiger partial charge in [0, 0.05) is 11.8 Å². The van der Waals surface area contributed by atoms with Crippen LogP contribution in [0.25, 0.3) is 0 Å². The van der Waals surface area contributed by atoms with Crippen LogP contribution < -0.4 is 10.4 Å². The molecule has 0 unspecified atom stereocenters. The molecule has 26 heavy (non-hydrogen) atoms. The van der Waals surface area contributed by atoms with Gasteiger partial charge in [-0.3, -0.25) is 4.79 Å². The van der Waals surface area contributed by atoms with Crippen LogP contribution in [0.3, 0.4) is 0 Å². The molecule has 0 bridgehead atoms. The van der Waals surface area contributed by atoms with Crippen LogP contribution in [0.1, 0.15) is 46.5 Å². The second-order valence-electron chi connectivity index (χ2n) is 7.64. The molecular weight excluding hydrogens is 404 g/mol. The minimum absolute atomic E-state index is 0.0751. The molecule has 0 fully saturated rings. The van der Waals surface area contributed by atoms with E-state index >= 15 is 0 Å². The van der Waals surface area contributed by atoms with Crippen molar-refractivity contribution in [3.8, 4) is 0 Å². The van der Waals surface area contributed by atoms with Gasteiger partial charge < -0.3 is 4.43 Å². The van der Waals surface area contributed by atoms with Gasteiger partial charge in [-0.05, 0) is 28.3 Å². The Labute approximate surface area is 167 Å². The molecule has 2 aromatic rings. The Kier molecular flexibility index (Phi) is 7.65. The van der Waals surface area contributed by atoms with Crippen molar-refractivity contribution in [2.45, 2.75) is 51.5 Å². The van der Waals surface area contributed by atoms with Crippen LogP contribution in [0.5, 0.6) is 0 Å². The van der Waals surface area contributed by atoms with E-state index in [0.29, 0.717) is 6.42 Å². The highest BCUT2D eigenvalue weighted by atomic mass is 79.9. The molecule has 4 heteroatoms. The lowest BCUT2D eigenvalue weighted by Crippen LogP contribution is -2.67. The molecule has 2 rings (SSSR count). The van der Waals surface area contributed by atoms with Gasteiger partial charge in [0.1, 0.15) is 0 Å². The number of carbonyl (C=O) groups excluding carboxylic acids is 1. The van der Waals surface area contributed by atoms with Crippen molar-refractivity contribution in [1.82, 2.24) is 0 Å². The van der Waals surface area contributed by atoms with Gasteiger partial charge in [0.25, 0.3) is 5.97 Å². The van der Waals surface area contributed by atoms with E-state index in [-0.39, 0.29) is 11.0 Å². The van der Waals surface area contributed by atoms with Crippen molar-refractivity contribution in [3.05, 3.63) is 60.7 Å². The molecule has 0 aliphatic rings. The standard InChI is InChI=1S/C22H29BrO2Si/c1-22(2,3)26(19-13-7-4-8-14-19,20-15-9-5-10-16-20)25-21(24)17-11-6-12-18-23/h4-5,7-10,13-16H,6,11-12,17-18H2,1-3H3. The zero-order valence-electron chi connectivity index (χ0n) is 16.0. The lowest BCUT2D eigenvalue weighted by Gasteiger charge is -2.42. The summed E-state index contributed by atoms with van der Waals surface area (Å²) in [5.41, 5.74) is 0. The van der Waals surface area contributed by atoms with Crippen LogP contribution in [0.4, 0.5) is 0 Å². The molecule has 0 heterocycles. The summed E-state index contributed by atoms with van der Waals surface area (Å²) in [7, 11) is -2.74. The largest absolute Gasteiger partial charge is 0.510 e. The quantitative estimate of drug-likeness (QED) is 0.331. The Morgan fingerprint density at radius 3 is 1.81 bits per heavy atom. The zero-order valence-corrected chi connectivity index (χ0v) is 18.6. The third-order valence-corrected chi connectivity index (χ3v) is 10.2. The maximum absolute atomic E-state index is 12.8. The van der Waals surface area contributed by atoms with E-state index in [9.17, 15) is 4.79 Å². The Bertz CT molecular complexity index is 641. The minimum atomic E-state index is -2.74. The summed E-state index contributed by atoms with van der Waals surface area (Å²) in [6, 6.07) is 20.6. The molecule has 0 amide bonds. The molecular formula is C22H29BrO2Si. The second-order valence-corrected chi connectivity index (χ2v) is 12.7. The molecule has 0 saturated heterocycles. The van der Waals surface area contributed by atoms with Gasteiger partial charge in [-0.25, -0.2) is 0 Å². The predicted octanol–water partition coefficient (Wildman–Crippen LogP) is 5.04. The van der Waals surface area contributed by atoms with Gasteiger partial charge in [-0.1, -0.05) is 104 Å². The number of carbonyl (C=O) groups is 1. The van der Waals surface area contributed by atoms with Gasteiger partial charge in [0.15, 0.2) is 0 Å². The first-order chi connectivity index (χ1) is 12.4. The van der Waals surface area contributed by atoms with Gasteiger partial charge in [0.05, 0.1) is 0 Å². The molecule has 140 valence electrons. The Balaban J connectivity index is 2.42. The van der Waals surface area contributed by atoms with Gasteiger partial charge in [-0.2, -0.15) is 0 Å². The molecule has 0 atom stereocenters. The second kappa shape index (κ2) is 9.52. The number of rotatable bonds is 8. The van der Waals surface area contributed by atoms with Crippen LogP contribution in [-0.2, 0) is 9.22 Å². The van der Waals surface area contributed by atoms with E-state index in [4.69, 9.17) is 4.43 Å². The van der Waals surface area contributed by atoms with Crippen molar-refractivity contribution in [3.63, 3.8) is 0 Å². The fourth-order valence-corrected chi connectivity index (χ4v) is 8.18. The number of benzene rings is 2. The summed E-state index contributed by atoms with van der Waals surface area (Å²) in [5.74, 6) is -0.0751. The van der Waals surface area contributed by atoms with E-state index in [1.165, 1.54) is 0 Å². The van der Waals surface area contributed by atoms with E-state index in [1.807, 2.05) is 36.4 Å². The molecule has 0 spiro atoms. The third kappa shape index (κ3) is 4.86. The SMILES string of the molecule is CC(C)(C)[Si](OC(=O)CCCCCBr)(c1ccccc1)c1ccccc1. The summed E-state index contributed by atoms with van der Waals surface area (Å²) in [5, 5.41) is 3.11. The summed E-state index contributed by atoms with van der Waals surface area (Å²) < 4.78 is 6.44. The first kappa shape index (κ1) is 20.9. The average molecular weight is 433 g/mol. The van der Waals surface area contributed by atoms with Crippen molar-refractivity contribution >= 4 is 40.6 Å². The number of alkyl halides is 1. The van der Waals surface area contributed by atoms with Crippen LogP contribution in [0.2, 0.25) is 5.04 Å². The van der Waals surface area contributed by atoms with Crippen LogP contribution in [0, 0.1) is 0 Å². The summed E-state index contributed by atoms with van der Waals surface area (Å²) in [6.07, 6.45) is 3.49. The maximum atomic E-state index is 12.8. The first-order valence-electron chi connectivity index (χ1n) is 9.30. The zero-order chi connectivity index (χ0) is 19.0. The summed E-state index contributed by atoms with van der Waals surface area (Å²) in [4.78, 5) is 12.8. The van der Waals surface area contributed by atoms with E-state index < -0.39 is 8.32 Å². The van der Waals surface area contributed by atoms with Gasteiger partial charge in [0.2, 0.25) is 0 Å². The van der Waals surface area contributed by atoms with E-state index in [0.717, 1.165) is 35.0 Å². The fraction of sp³-hybridized carbons (Fsp3) is 0.409. The maximum Gasteiger partial charge on any atom is 0.323 e. The number of unbranched alkanes of at least 4 members (excludes halogenated alkanes) is 2. The molecule has 0 radical (unpaired) electrons. The van der Waals surface area contributed by atoms with Crippen LogP contribution >= 0.6 is 15.9 Å². The van der Waals surface area contributed by atoms with Crippen molar-refractivity contribution in [2.75, 3.05) is 5.33 Å². The monoisotopic (exact) mass is 432 g/mol. The average Bonchev–Trinajstić information content (AvgIpc) is 2.64. The van der Waals surface area contributed by atoms with Gasteiger partial charge >= 0.3 is 8.32 Å². The highest BCUT2D eigenvalue weighted by Gasteiger charge is 2.52. The van der Waals surface area contributed by atoms with Gasteiger partial charge in [-0.15, -0.1) is 0 Å². The highest BCUT2D eigenvalue weighted by Crippen LogP contribution is 2.37. The summed E-state index contributed by atoms with van der Waals surface area (Å²) in [6.45, 7) is 6.58. The molecule has 2 nitrogen and oxygen atoms in total. The minimum Gasteiger partial charge on any atom is -0.510 e. The van der Waals surface area contributed by atoms with E-state index in [2.05, 4.69) is 61.0 Å². The van der Waals surface area contributed by atoms with Crippen molar-refractivity contribution in [1.29, 1.82) is 0 Å². The Morgan fingerprint density at radius 1 is 0.885 bits per heavy atom. The fourth-order valence-electron chi connectivity index (χ4n) is 3.41. The predicted molar refractivity (Wildman–Crippen MR) is 116 cm³/mol. The third-order valence-electron chi connectivity index (χ3n) is 4.70.